The second-order valence-electron chi connectivity index (χ2n) is 7.44. The standard InChI is InChI=1S/C9H12N2O6.C6H14O12P2/c12-3-4-6(14)7(15)8(17-4)11-2-1-5(13)10-9(11)16;7-1-3(9)4(10)5(11)6(12,2-8)19(13,14)18-20(15,16)17/h1-2,4,6-8,12,14-15H,3H2,(H,10,13,16);1,3-5,8-12H,2H2,(H,13,14)(H2,15,16,17)/t4-,6-,7-,8-;3-,4+,5-,6-/m10/s1. The lowest BCUT2D eigenvalue weighted by Crippen LogP contribution is -2.55. The summed E-state index contributed by atoms with van der Waals surface area (Å²) in [7, 11) is -11.4. The number of hydrogen-bond acceptors (Lipinski definition) is 15. The van der Waals surface area contributed by atoms with Gasteiger partial charge in [-0.05, 0) is 0 Å². The molecule has 1 aromatic heterocycles. The lowest BCUT2D eigenvalue weighted by Gasteiger charge is -2.36. The number of H-pyrrole nitrogens is 1. The molecule has 1 unspecified atom stereocenters. The fourth-order valence-electron chi connectivity index (χ4n) is 2.84. The molecule has 1 saturated heterocycles. The topological polar surface area (TPSA) is 347 Å². The predicted molar refractivity (Wildman–Crippen MR) is 113 cm³/mol. The van der Waals surface area contributed by atoms with Crippen LogP contribution in [0, 0.1) is 0 Å². The summed E-state index contributed by atoms with van der Waals surface area (Å²) >= 11 is 0. The number of ether oxygens (including phenoxy) is 1. The van der Waals surface area contributed by atoms with Gasteiger partial charge in [0.05, 0.1) is 13.2 Å². The summed E-state index contributed by atoms with van der Waals surface area (Å²) in [4.78, 5) is 60.5. The summed E-state index contributed by atoms with van der Waals surface area (Å²) in [6.07, 6.45) is -11.6. The van der Waals surface area contributed by atoms with E-state index in [-0.39, 0.29) is 6.29 Å². The molecule has 0 amide bonds. The second-order valence-corrected chi connectivity index (χ2v) is 10.9. The van der Waals surface area contributed by atoms with Gasteiger partial charge in [0.25, 0.3) is 5.56 Å². The van der Waals surface area contributed by atoms with Crippen molar-refractivity contribution in [1.82, 2.24) is 9.55 Å². The highest BCUT2D eigenvalue weighted by Crippen LogP contribution is 2.64. The van der Waals surface area contributed by atoms with Gasteiger partial charge in [-0.3, -0.25) is 18.9 Å². The molecule has 0 saturated carbocycles. The average Bonchev–Trinajstić information content (AvgIpc) is 3.09. The molecular formula is C15H26N2O18P2. The zero-order chi connectivity index (χ0) is 28.9. The van der Waals surface area contributed by atoms with Gasteiger partial charge in [0.2, 0.25) is 5.34 Å². The summed E-state index contributed by atoms with van der Waals surface area (Å²) < 4.78 is 31.5. The highest BCUT2D eigenvalue weighted by molar-refractivity contribution is 7.64. The first-order valence-corrected chi connectivity index (χ1v) is 12.8. The Hall–Kier alpha value is -1.71. The van der Waals surface area contributed by atoms with Crippen molar-refractivity contribution in [2.24, 2.45) is 0 Å². The van der Waals surface area contributed by atoms with Gasteiger partial charge in [-0.2, -0.15) is 0 Å². The lowest BCUT2D eigenvalue weighted by molar-refractivity contribution is -0.147. The quantitative estimate of drug-likeness (QED) is 0.0897. The predicted octanol–water partition coefficient (Wildman–Crippen LogP) is -6.61. The molecule has 22 heteroatoms. The molecule has 0 bridgehead atoms. The van der Waals surface area contributed by atoms with E-state index >= 15 is 0 Å². The molecular weight excluding hydrogens is 558 g/mol. The molecule has 0 aliphatic carbocycles. The largest absolute Gasteiger partial charge is 0.476 e. The van der Waals surface area contributed by atoms with Crippen molar-refractivity contribution in [2.75, 3.05) is 13.2 Å². The first-order chi connectivity index (χ1) is 16.9. The Labute approximate surface area is 205 Å². The van der Waals surface area contributed by atoms with Crippen LogP contribution < -0.4 is 11.2 Å². The van der Waals surface area contributed by atoms with E-state index in [0.717, 1.165) is 16.8 Å². The molecule has 20 nitrogen and oxygen atoms in total. The Balaban J connectivity index is 0.000000373. The minimum absolute atomic E-state index is 0.294. The maximum Gasteiger partial charge on any atom is 0.476 e. The van der Waals surface area contributed by atoms with Crippen molar-refractivity contribution >= 4 is 21.7 Å². The van der Waals surface area contributed by atoms with Crippen LogP contribution in [0.25, 0.3) is 0 Å². The second kappa shape index (κ2) is 12.9. The summed E-state index contributed by atoms with van der Waals surface area (Å²) in [5.74, 6) is 0. The molecule has 37 heavy (non-hydrogen) atoms. The SMILES string of the molecule is O=C[C@H](O)[C@@H](O)[C@H](O)[C@](O)(CO)P(=O)(O)OP(=O)(O)O.O=c1ccn([C@@H]2O[C@H](CO)[C@@H](O)[C@H]2O)c(=O)[nH]1. The zero-order valence-electron chi connectivity index (χ0n) is 18.3. The van der Waals surface area contributed by atoms with Gasteiger partial charge in [0.1, 0.15) is 36.6 Å². The third kappa shape index (κ3) is 7.90. The summed E-state index contributed by atoms with van der Waals surface area (Å²) in [6.45, 7) is -2.27. The van der Waals surface area contributed by atoms with Crippen molar-refractivity contribution in [2.45, 2.75) is 48.2 Å². The lowest BCUT2D eigenvalue weighted by atomic mass is 10.0. The Morgan fingerprint density at radius 1 is 1.14 bits per heavy atom. The molecule has 2 heterocycles. The van der Waals surface area contributed by atoms with Crippen LogP contribution in [-0.2, 0) is 23.0 Å². The summed E-state index contributed by atoms with van der Waals surface area (Å²) in [5.41, 5.74) is -1.33. The fraction of sp³-hybridized carbons (Fsp3) is 0.667. The van der Waals surface area contributed by atoms with Crippen molar-refractivity contribution in [3.63, 3.8) is 0 Å². The number of carbonyl (C=O) groups is 1. The minimum Gasteiger partial charge on any atom is -0.394 e. The van der Waals surface area contributed by atoms with Crippen LogP contribution in [0.2, 0.25) is 0 Å². The molecule has 0 aromatic carbocycles. The molecule has 12 N–H and O–H groups in total. The number of hydrogen-bond donors (Lipinski definition) is 12. The highest BCUT2D eigenvalue weighted by Gasteiger charge is 2.58. The first kappa shape index (κ1) is 33.3. The third-order valence-electron chi connectivity index (χ3n) is 4.87. The highest BCUT2D eigenvalue weighted by atomic mass is 31.3. The maximum atomic E-state index is 11.5. The molecule has 9 atom stereocenters. The fourth-order valence-corrected chi connectivity index (χ4v) is 5.23. The van der Waals surface area contributed by atoms with E-state index in [1.165, 1.54) is 0 Å². The van der Waals surface area contributed by atoms with E-state index in [1.807, 2.05) is 4.98 Å². The van der Waals surface area contributed by atoms with Gasteiger partial charge in [-0.25, -0.2) is 13.7 Å². The third-order valence-corrected chi connectivity index (χ3v) is 7.99. The number of rotatable bonds is 10. The number of phosphoric acid groups is 1. The number of nitrogens with one attached hydrogen (secondary N) is 1. The van der Waals surface area contributed by atoms with Crippen molar-refractivity contribution in [3.05, 3.63) is 33.1 Å². The van der Waals surface area contributed by atoms with Gasteiger partial charge in [-0.1, -0.05) is 0 Å². The van der Waals surface area contributed by atoms with E-state index in [0.29, 0.717) is 0 Å². The van der Waals surface area contributed by atoms with Crippen LogP contribution in [0.4, 0.5) is 0 Å². The number of nitrogens with zero attached hydrogens (tertiary/aromatic N) is 1. The summed E-state index contributed by atoms with van der Waals surface area (Å²) in [6, 6.07) is 1.09. The van der Waals surface area contributed by atoms with Gasteiger partial charge in [-0.15, -0.1) is 0 Å². The molecule has 1 aromatic rings. The number of carbonyl (C=O) groups excluding carboxylic acids is 1. The monoisotopic (exact) mass is 584 g/mol. The first-order valence-electron chi connectivity index (χ1n) is 9.73. The maximum absolute atomic E-state index is 11.5. The van der Waals surface area contributed by atoms with Crippen molar-refractivity contribution in [3.8, 4) is 0 Å². The Morgan fingerprint density at radius 2 is 1.70 bits per heavy atom. The molecule has 1 aliphatic rings. The van der Waals surface area contributed by atoms with E-state index in [1.54, 1.807) is 0 Å². The van der Waals surface area contributed by atoms with E-state index in [9.17, 15) is 53.9 Å². The number of aromatic amines is 1. The normalized spacial score (nSPS) is 27.6. The average molecular weight is 584 g/mol. The van der Waals surface area contributed by atoms with E-state index in [2.05, 4.69) is 4.31 Å². The molecule has 1 aliphatic heterocycles. The molecule has 214 valence electrons. The molecule has 0 spiro atoms. The van der Waals surface area contributed by atoms with Crippen LogP contribution in [0.15, 0.2) is 21.9 Å². The van der Waals surface area contributed by atoms with Crippen molar-refractivity contribution < 1.29 is 78.5 Å². The number of aliphatic hydroxyl groups excluding tert-OH is 7. The molecule has 0 radical (unpaired) electrons. The van der Waals surface area contributed by atoms with Crippen LogP contribution in [-0.4, -0.2) is 127 Å². The van der Waals surface area contributed by atoms with Crippen LogP contribution >= 0.6 is 15.4 Å². The number of aliphatic hydroxyl groups is 8. The van der Waals surface area contributed by atoms with Crippen LogP contribution in [0.1, 0.15) is 6.23 Å². The van der Waals surface area contributed by atoms with E-state index < -0.39 is 88.1 Å². The zero-order valence-corrected chi connectivity index (χ0v) is 20.1. The Morgan fingerprint density at radius 3 is 2.11 bits per heavy atom. The van der Waals surface area contributed by atoms with Gasteiger partial charge >= 0.3 is 21.1 Å². The molecule has 1 fully saturated rings. The van der Waals surface area contributed by atoms with Crippen molar-refractivity contribution in [1.29, 1.82) is 0 Å². The number of aldehydes is 1. The van der Waals surface area contributed by atoms with Crippen LogP contribution in [0.5, 0.6) is 0 Å². The summed E-state index contributed by atoms with van der Waals surface area (Å²) in [5, 5.41) is 70.5. The smallest absolute Gasteiger partial charge is 0.394 e. The van der Waals surface area contributed by atoms with Gasteiger partial charge in [0, 0.05) is 12.3 Å². The number of aromatic nitrogens is 2. The molecule has 2 rings (SSSR count). The Bertz CT molecular complexity index is 1120. The van der Waals surface area contributed by atoms with Crippen LogP contribution in [0.3, 0.4) is 0 Å². The van der Waals surface area contributed by atoms with Gasteiger partial charge in [0.15, 0.2) is 12.5 Å². The Kier molecular flexibility index (Phi) is 11.6. The van der Waals surface area contributed by atoms with E-state index in [4.69, 9.17) is 29.8 Å². The minimum atomic E-state index is -5.79. The van der Waals surface area contributed by atoms with Gasteiger partial charge < -0.3 is 65.1 Å².